The van der Waals surface area contributed by atoms with Crippen LogP contribution in [0.3, 0.4) is 0 Å². The average Bonchev–Trinajstić information content (AvgIpc) is 0.821. The molecule has 40 nitrogen and oxygen atoms in total. The van der Waals surface area contributed by atoms with Crippen molar-refractivity contribution in [3.8, 4) is 0 Å². The van der Waals surface area contributed by atoms with E-state index in [2.05, 4.69) is 42.5 Å². The van der Waals surface area contributed by atoms with Gasteiger partial charge in [-0.2, -0.15) is 0 Å². The van der Waals surface area contributed by atoms with E-state index >= 15 is 0 Å². The molecule has 3 heterocycles. The molecule has 100 heavy (non-hydrogen) atoms. The molecule has 0 bridgehead atoms. The topological polar surface area (TPSA) is 564 Å². The van der Waals surface area contributed by atoms with Crippen molar-refractivity contribution >= 4 is 65.6 Å². The molecule has 3 fully saturated rings. The molecule has 0 radical (unpaired) electrons. The highest BCUT2D eigenvalue weighted by Gasteiger charge is 2.48. The zero-order valence-corrected chi connectivity index (χ0v) is 58.3. The third kappa shape index (κ3) is 36.2. The average molecular weight is 1490 g/mol. The van der Waals surface area contributed by atoms with E-state index < -0.39 is 184 Å². The Kier molecular flexibility index (Phi) is 45.5. The van der Waals surface area contributed by atoms with Crippen LogP contribution in [0.4, 0.5) is 0 Å². The van der Waals surface area contributed by atoms with E-state index in [0.717, 1.165) is 0 Å². The smallest absolute Gasteiger partial charge is 0.242 e. The largest absolute Gasteiger partial charge is 0.394 e. The molecular formula is C58H105N8O32PS. The van der Waals surface area contributed by atoms with Crippen LogP contribution in [0.5, 0.6) is 0 Å². The van der Waals surface area contributed by atoms with Crippen molar-refractivity contribution in [1.82, 2.24) is 42.5 Å². The number of hydrogen-bond donors (Lipinski definition) is 18. The predicted molar refractivity (Wildman–Crippen MR) is 344 cm³/mol. The molecular weight excluding hydrogens is 1380 g/mol. The molecule has 18 atom stereocenters. The first kappa shape index (κ1) is 89.7. The minimum Gasteiger partial charge on any atom is -0.394 e. The maximum atomic E-state index is 13.7. The Bertz CT molecular complexity index is 2440. The second-order valence-electron chi connectivity index (χ2n) is 22.8. The summed E-state index contributed by atoms with van der Waals surface area (Å²) in [6, 6.07) is -6.27. The second-order valence-corrected chi connectivity index (χ2v) is 26.7. The summed E-state index contributed by atoms with van der Waals surface area (Å²) in [6.45, 7) is 0.519. The summed E-state index contributed by atoms with van der Waals surface area (Å²) >= 11 is 4.80. The van der Waals surface area contributed by atoms with E-state index in [1.54, 1.807) is 0 Å². The fourth-order valence-corrected chi connectivity index (χ4v) is 10.4. The molecule has 3 aliphatic heterocycles. The molecule has 18 unspecified atom stereocenters. The van der Waals surface area contributed by atoms with Gasteiger partial charge in [0.05, 0.1) is 139 Å². The first-order valence-electron chi connectivity index (χ1n) is 32.6. The first-order valence-corrected chi connectivity index (χ1v) is 35.8. The summed E-state index contributed by atoms with van der Waals surface area (Å²) in [6.07, 6.45) is -18.2. The van der Waals surface area contributed by atoms with E-state index in [9.17, 15) is 89.2 Å². The number of aliphatic hydroxyl groups is 9. The first-order chi connectivity index (χ1) is 47.7. The number of aliphatic hydroxyl groups excluding tert-OH is 9. The Labute approximate surface area is 583 Å². The van der Waals surface area contributed by atoms with Gasteiger partial charge in [-0.05, 0) is 24.6 Å². The zero-order chi connectivity index (χ0) is 74.0. The van der Waals surface area contributed by atoms with Crippen LogP contribution in [0.25, 0.3) is 0 Å². The Hall–Kier alpha value is -4.55. The van der Waals surface area contributed by atoms with E-state index in [-0.39, 0.29) is 164 Å². The monoisotopic (exact) mass is 1490 g/mol. The molecule has 8 amide bonds. The third-order valence-corrected chi connectivity index (χ3v) is 15.7. The lowest BCUT2D eigenvalue weighted by molar-refractivity contribution is -0.272. The van der Waals surface area contributed by atoms with Crippen LogP contribution in [-0.2, 0) is 116 Å². The van der Waals surface area contributed by atoms with Gasteiger partial charge in [-0.1, -0.05) is 0 Å². The van der Waals surface area contributed by atoms with Gasteiger partial charge >= 0.3 is 0 Å². The summed E-state index contributed by atoms with van der Waals surface area (Å²) in [4.78, 5) is 112. The molecule has 0 aromatic heterocycles. The van der Waals surface area contributed by atoms with E-state index in [4.69, 9.17) is 77.9 Å². The third-order valence-electron chi connectivity index (χ3n) is 14.7. The van der Waals surface area contributed by atoms with Gasteiger partial charge in [-0.3, -0.25) is 38.4 Å². The minimum absolute atomic E-state index is 0.0323. The van der Waals surface area contributed by atoms with Gasteiger partial charge in [0, 0.05) is 66.3 Å². The zero-order valence-electron chi connectivity index (χ0n) is 56.6. The van der Waals surface area contributed by atoms with Crippen LogP contribution in [0.2, 0.25) is 0 Å². The van der Waals surface area contributed by atoms with E-state index in [1.165, 1.54) is 27.4 Å². The van der Waals surface area contributed by atoms with E-state index in [1.807, 2.05) is 0 Å². The number of carbonyl (C=O) groups excluding carboxylic acids is 8. The normalized spacial score (nSPS) is 26.4. The van der Waals surface area contributed by atoms with Gasteiger partial charge in [-0.25, -0.2) is 0 Å². The SMILES string of the molecule is CC(=O)NC1C(OCCOCCNC(=O)CCC(NC(=O)CCC(NC(=O)CCOCCOCCOCCOCCOP(C)(O)=S)C(=O)NCCOCCOC2OC(CO)C(O)C(O)C2NC(C)=O)C(=O)NCCOCCOC2OC(CO)C(O)C(O)C2NC(C)=O)OC(CO)C(O)C1O. The lowest BCUT2D eigenvalue weighted by Crippen LogP contribution is -2.64. The molecule has 0 saturated carbocycles. The van der Waals surface area contributed by atoms with Crippen molar-refractivity contribution in [3.05, 3.63) is 0 Å². The van der Waals surface area contributed by atoms with Gasteiger partial charge in [0.15, 0.2) is 25.4 Å². The minimum atomic E-state index is -2.76. The second kappa shape index (κ2) is 50.8. The molecule has 3 aliphatic rings. The van der Waals surface area contributed by atoms with Crippen LogP contribution < -0.4 is 42.5 Å². The fourth-order valence-electron chi connectivity index (χ4n) is 9.72. The molecule has 0 spiro atoms. The summed E-state index contributed by atoms with van der Waals surface area (Å²) in [5.41, 5.74) is 0. The lowest BCUT2D eigenvalue weighted by atomic mass is 9.97. The number of nitrogens with one attached hydrogen (secondary N) is 8. The van der Waals surface area contributed by atoms with Gasteiger partial charge in [0.1, 0.15) is 85.1 Å². The molecule has 0 aromatic carbocycles. The number of hydrogen-bond acceptors (Lipinski definition) is 32. The maximum Gasteiger partial charge on any atom is 0.242 e. The van der Waals surface area contributed by atoms with Crippen LogP contribution in [0, 0.1) is 0 Å². The van der Waals surface area contributed by atoms with E-state index in [0.29, 0.717) is 0 Å². The molecule has 3 saturated heterocycles. The number of rotatable bonds is 53. The Morgan fingerprint density at radius 3 is 1.02 bits per heavy atom. The molecule has 42 heteroatoms. The number of ether oxygens (including phenoxy) is 13. The molecule has 3 rings (SSSR count). The van der Waals surface area contributed by atoms with Crippen molar-refractivity contribution in [2.24, 2.45) is 0 Å². The maximum absolute atomic E-state index is 13.7. The highest BCUT2D eigenvalue weighted by Crippen LogP contribution is 2.36. The van der Waals surface area contributed by atoms with Gasteiger partial charge in [0.25, 0.3) is 0 Å². The van der Waals surface area contributed by atoms with Crippen LogP contribution in [0.1, 0.15) is 52.9 Å². The molecule has 0 aliphatic carbocycles. The Morgan fingerprint density at radius 1 is 0.400 bits per heavy atom. The quantitative estimate of drug-likeness (QED) is 0.0199. The van der Waals surface area contributed by atoms with Crippen LogP contribution in [-0.4, -0.2) is 367 Å². The van der Waals surface area contributed by atoms with Crippen molar-refractivity contribution < 1.29 is 155 Å². The van der Waals surface area contributed by atoms with Crippen LogP contribution in [0.15, 0.2) is 0 Å². The predicted octanol–water partition coefficient (Wildman–Crippen LogP) is -9.80. The summed E-state index contributed by atoms with van der Waals surface area (Å²) < 4.78 is 77.1. The summed E-state index contributed by atoms with van der Waals surface area (Å²) in [7, 11) is 0. The molecule has 580 valence electrons. The highest BCUT2D eigenvalue weighted by molar-refractivity contribution is 8.09. The van der Waals surface area contributed by atoms with Crippen molar-refractivity contribution in [2.45, 2.75) is 157 Å². The lowest BCUT2D eigenvalue weighted by Gasteiger charge is -2.42. The van der Waals surface area contributed by atoms with Crippen LogP contribution >= 0.6 is 6.49 Å². The van der Waals surface area contributed by atoms with Crippen molar-refractivity contribution in [3.63, 3.8) is 0 Å². The summed E-state index contributed by atoms with van der Waals surface area (Å²) in [5.74, 6) is -5.11. The van der Waals surface area contributed by atoms with Crippen molar-refractivity contribution in [2.75, 3.05) is 165 Å². The van der Waals surface area contributed by atoms with Gasteiger partial charge in [-0.15, -0.1) is 0 Å². The van der Waals surface area contributed by atoms with Crippen molar-refractivity contribution in [1.29, 1.82) is 0 Å². The standard InChI is InChI=1S/C58H105N8O32PS/c1-34(70)62-45-51(79)48(76)39(31-67)96-56(45)92-27-23-86-14-10-59-42(73)7-5-37(54(82)60-11-15-87-24-28-93-57-46(63-35(2)71)52(80)49(77)40(32-68)97-57)65-43(74)8-6-38(66-44(75)9-13-85-17-18-89-19-20-90-21-22-91-26-30-95-99(4,84)100)55(83)61-12-16-88-25-29-94-58-47(64-36(3)72)53(81)50(78)41(33-69)98-58/h37-41,45-53,56-58,67-69,76-81H,5-33H2,1-4H3,(H,59,73)(H,60,82)(H,61,83)(H,62,70)(H,63,71)(H,64,72)(H,65,74)(H,66,75)(H,84,100). The number of carbonyl (C=O) groups is 8. The number of amides is 8. The fraction of sp³-hybridized carbons (Fsp3) is 0.862. The van der Waals surface area contributed by atoms with Gasteiger partial charge in [0.2, 0.25) is 47.3 Å². The Morgan fingerprint density at radius 2 is 0.690 bits per heavy atom. The summed E-state index contributed by atoms with van der Waals surface area (Å²) in [5, 5.41) is 112. The van der Waals surface area contributed by atoms with Gasteiger partial charge < -0.3 is 159 Å². The molecule has 18 N–H and O–H groups in total. The molecule has 0 aromatic rings. The Balaban J connectivity index is 1.61. The highest BCUT2D eigenvalue weighted by atomic mass is 32.5.